The lowest BCUT2D eigenvalue weighted by Crippen LogP contribution is -2.19. The second kappa shape index (κ2) is 6.91. The Morgan fingerprint density at radius 1 is 1.00 bits per heavy atom. The van der Waals surface area contributed by atoms with Crippen molar-refractivity contribution in [2.45, 2.75) is 25.9 Å². The second-order valence-corrected chi connectivity index (χ2v) is 5.91. The summed E-state index contributed by atoms with van der Waals surface area (Å²) in [6.45, 7) is 4.77. The lowest BCUT2D eigenvalue weighted by atomic mass is 10.0. The van der Waals surface area contributed by atoms with E-state index in [-0.39, 0.29) is 6.10 Å². The SMILES string of the molecule is CC(C)c1ccccc1OC(CN)c1ccccc1Br. The van der Waals surface area contributed by atoms with Crippen molar-refractivity contribution in [3.63, 3.8) is 0 Å². The first-order chi connectivity index (χ1) is 9.63. The van der Waals surface area contributed by atoms with Gasteiger partial charge in [0.1, 0.15) is 11.9 Å². The van der Waals surface area contributed by atoms with Crippen LogP contribution in [0.3, 0.4) is 0 Å². The van der Waals surface area contributed by atoms with E-state index in [1.165, 1.54) is 5.56 Å². The predicted molar refractivity (Wildman–Crippen MR) is 87.1 cm³/mol. The van der Waals surface area contributed by atoms with Gasteiger partial charge in [-0.15, -0.1) is 0 Å². The van der Waals surface area contributed by atoms with Crippen molar-refractivity contribution in [1.29, 1.82) is 0 Å². The van der Waals surface area contributed by atoms with E-state index in [0.717, 1.165) is 15.8 Å². The molecular weight excluding hydrogens is 314 g/mol. The van der Waals surface area contributed by atoms with Crippen LogP contribution in [-0.4, -0.2) is 6.54 Å². The maximum absolute atomic E-state index is 6.17. The van der Waals surface area contributed by atoms with E-state index in [0.29, 0.717) is 12.5 Å². The Morgan fingerprint density at radius 2 is 1.60 bits per heavy atom. The van der Waals surface area contributed by atoms with Crippen LogP contribution >= 0.6 is 15.9 Å². The van der Waals surface area contributed by atoms with E-state index in [9.17, 15) is 0 Å². The van der Waals surface area contributed by atoms with Gasteiger partial charge in [-0.2, -0.15) is 0 Å². The van der Waals surface area contributed by atoms with Crippen molar-refractivity contribution < 1.29 is 4.74 Å². The predicted octanol–water partition coefficient (Wildman–Crippen LogP) is 4.65. The molecule has 1 unspecified atom stereocenters. The van der Waals surface area contributed by atoms with E-state index >= 15 is 0 Å². The van der Waals surface area contributed by atoms with Gasteiger partial charge in [0.25, 0.3) is 0 Å². The largest absolute Gasteiger partial charge is 0.484 e. The third-order valence-corrected chi connectivity index (χ3v) is 4.00. The lowest BCUT2D eigenvalue weighted by Gasteiger charge is -2.22. The minimum absolute atomic E-state index is 0.148. The van der Waals surface area contributed by atoms with Gasteiger partial charge in [-0.05, 0) is 23.6 Å². The molecule has 0 radical (unpaired) electrons. The molecular formula is C17H20BrNO. The van der Waals surface area contributed by atoms with E-state index in [4.69, 9.17) is 10.5 Å². The highest BCUT2D eigenvalue weighted by Crippen LogP contribution is 2.32. The van der Waals surface area contributed by atoms with Crippen LogP contribution in [0.15, 0.2) is 53.0 Å². The number of nitrogens with two attached hydrogens (primary N) is 1. The Morgan fingerprint density at radius 3 is 2.20 bits per heavy atom. The van der Waals surface area contributed by atoms with E-state index in [1.807, 2.05) is 42.5 Å². The molecule has 1 atom stereocenters. The zero-order valence-corrected chi connectivity index (χ0v) is 13.4. The lowest BCUT2D eigenvalue weighted by molar-refractivity contribution is 0.210. The molecule has 106 valence electrons. The molecule has 2 aromatic carbocycles. The minimum atomic E-state index is -0.148. The monoisotopic (exact) mass is 333 g/mol. The number of ether oxygens (including phenoxy) is 1. The molecule has 0 aliphatic carbocycles. The van der Waals surface area contributed by atoms with Gasteiger partial charge in [0.15, 0.2) is 0 Å². The van der Waals surface area contributed by atoms with Crippen LogP contribution in [0.4, 0.5) is 0 Å². The third-order valence-electron chi connectivity index (χ3n) is 3.28. The number of hydrogen-bond acceptors (Lipinski definition) is 2. The number of hydrogen-bond donors (Lipinski definition) is 1. The first kappa shape index (κ1) is 15.1. The smallest absolute Gasteiger partial charge is 0.137 e. The molecule has 0 aliphatic heterocycles. The van der Waals surface area contributed by atoms with Gasteiger partial charge < -0.3 is 10.5 Å². The van der Waals surface area contributed by atoms with E-state index in [1.54, 1.807) is 0 Å². The number of benzene rings is 2. The Labute approximate surface area is 129 Å². The summed E-state index contributed by atoms with van der Waals surface area (Å²) in [6.07, 6.45) is -0.148. The molecule has 20 heavy (non-hydrogen) atoms. The Kier molecular flexibility index (Phi) is 5.21. The van der Waals surface area contributed by atoms with Gasteiger partial charge in [-0.1, -0.05) is 66.2 Å². The normalized spacial score (nSPS) is 12.4. The van der Waals surface area contributed by atoms with Gasteiger partial charge in [-0.3, -0.25) is 0 Å². The van der Waals surface area contributed by atoms with Gasteiger partial charge in [0, 0.05) is 16.6 Å². The van der Waals surface area contributed by atoms with Crippen LogP contribution in [0.2, 0.25) is 0 Å². The van der Waals surface area contributed by atoms with Gasteiger partial charge in [-0.25, -0.2) is 0 Å². The standard InChI is InChI=1S/C17H20BrNO/c1-12(2)13-7-4-6-10-16(13)20-17(11-19)14-8-3-5-9-15(14)18/h3-10,12,17H,11,19H2,1-2H3. The fraction of sp³-hybridized carbons (Fsp3) is 0.294. The third kappa shape index (κ3) is 3.41. The van der Waals surface area contributed by atoms with E-state index in [2.05, 4.69) is 35.8 Å². The minimum Gasteiger partial charge on any atom is -0.484 e. The second-order valence-electron chi connectivity index (χ2n) is 5.06. The number of para-hydroxylation sites is 1. The summed E-state index contributed by atoms with van der Waals surface area (Å²) in [6, 6.07) is 16.2. The van der Waals surface area contributed by atoms with Crippen molar-refractivity contribution >= 4 is 15.9 Å². The zero-order chi connectivity index (χ0) is 14.5. The quantitative estimate of drug-likeness (QED) is 0.864. The topological polar surface area (TPSA) is 35.2 Å². The molecule has 0 aliphatic rings. The highest BCUT2D eigenvalue weighted by molar-refractivity contribution is 9.10. The molecule has 2 nitrogen and oxygen atoms in total. The fourth-order valence-electron chi connectivity index (χ4n) is 2.19. The molecule has 2 aromatic rings. The summed E-state index contributed by atoms with van der Waals surface area (Å²) in [4.78, 5) is 0. The van der Waals surface area contributed by atoms with Crippen molar-refractivity contribution in [3.05, 3.63) is 64.1 Å². The molecule has 0 amide bonds. The summed E-state index contributed by atoms with van der Waals surface area (Å²) in [5, 5.41) is 0. The van der Waals surface area contributed by atoms with Gasteiger partial charge in [0.2, 0.25) is 0 Å². The molecule has 3 heteroatoms. The molecule has 0 bridgehead atoms. The Bertz CT molecular complexity index is 568. The Hall–Kier alpha value is -1.32. The average molecular weight is 334 g/mol. The molecule has 0 fully saturated rings. The maximum Gasteiger partial charge on any atom is 0.137 e. The van der Waals surface area contributed by atoms with Crippen molar-refractivity contribution in [2.75, 3.05) is 6.54 Å². The van der Waals surface area contributed by atoms with Crippen LogP contribution in [0.25, 0.3) is 0 Å². The van der Waals surface area contributed by atoms with Crippen LogP contribution < -0.4 is 10.5 Å². The molecule has 2 rings (SSSR count). The molecule has 0 spiro atoms. The van der Waals surface area contributed by atoms with Gasteiger partial charge in [0.05, 0.1) is 0 Å². The Balaban J connectivity index is 2.30. The molecule has 0 aromatic heterocycles. The summed E-state index contributed by atoms with van der Waals surface area (Å²) >= 11 is 3.56. The van der Waals surface area contributed by atoms with Gasteiger partial charge >= 0.3 is 0 Å². The van der Waals surface area contributed by atoms with Crippen molar-refractivity contribution in [2.24, 2.45) is 5.73 Å². The molecule has 2 N–H and O–H groups in total. The first-order valence-corrected chi connectivity index (χ1v) is 7.63. The molecule has 0 heterocycles. The van der Waals surface area contributed by atoms with Crippen molar-refractivity contribution in [1.82, 2.24) is 0 Å². The average Bonchev–Trinajstić information content (AvgIpc) is 2.46. The van der Waals surface area contributed by atoms with Crippen LogP contribution in [0.5, 0.6) is 5.75 Å². The fourth-order valence-corrected chi connectivity index (χ4v) is 2.73. The van der Waals surface area contributed by atoms with E-state index < -0.39 is 0 Å². The zero-order valence-electron chi connectivity index (χ0n) is 11.8. The highest BCUT2D eigenvalue weighted by Gasteiger charge is 2.16. The van der Waals surface area contributed by atoms with Crippen LogP contribution in [0.1, 0.15) is 37.0 Å². The number of rotatable bonds is 5. The maximum atomic E-state index is 6.17. The molecule has 0 saturated heterocycles. The summed E-state index contributed by atoms with van der Waals surface area (Å²) in [5.41, 5.74) is 8.19. The highest BCUT2D eigenvalue weighted by atomic mass is 79.9. The van der Waals surface area contributed by atoms with Crippen LogP contribution in [-0.2, 0) is 0 Å². The molecule has 0 saturated carbocycles. The first-order valence-electron chi connectivity index (χ1n) is 6.83. The summed E-state index contributed by atoms with van der Waals surface area (Å²) in [5.74, 6) is 1.33. The number of halogens is 1. The van der Waals surface area contributed by atoms with Crippen LogP contribution in [0, 0.1) is 0 Å². The summed E-state index contributed by atoms with van der Waals surface area (Å²) in [7, 11) is 0. The van der Waals surface area contributed by atoms with Crippen molar-refractivity contribution in [3.8, 4) is 5.75 Å². The summed E-state index contributed by atoms with van der Waals surface area (Å²) < 4.78 is 7.19.